The molecule has 1 heterocycles. The van der Waals surface area contributed by atoms with Gasteiger partial charge < -0.3 is 10.0 Å². The lowest BCUT2D eigenvalue weighted by atomic mass is 9.81. The van der Waals surface area contributed by atoms with Crippen molar-refractivity contribution in [3.05, 3.63) is 0 Å². The van der Waals surface area contributed by atoms with Crippen molar-refractivity contribution in [2.75, 3.05) is 13.1 Å². The molecule has 1 N–H and O–H groups in total. The minimum absolute atomic E-state index is 0.0798. The summed E-state index contributed by atoms with van der Waals surface area (Å²) in [4.78, 5) is 25.2. The Hall–Kier alpha value is -1.06. The van der Waals surface area contributed by atoms with Gasteiger partial charge >= 0.3 is 5.97 Å². The molecule has 1 aliphatic heterocycles. The summed E-state index contributed by atoms with van der Waals surface area (Å²) in [5.41, 5.74) is 0. The quantitative estimate of drug-likeness (QED) is 0.838. The number of aliphatic carboxylic acids is 1. The van der Waals surface area contributed by atoms with Crippen LogP contribution in [-0.2, 0) is 9.59 Å². The van der Waals surface area contributed by atoms with Crippen molar-refractivity contribution in [3.63, 3.8) is 0 Å². The number of rotatable bonds is 3. The molecule has 4 heteroatoms. The van der Waals surface area contributed by atoms with E-state index in [0.29, 0.717) is 18.8 Å². The molecule has 1 saturated carbocycles. The lowest BCUT2D eigenvalue weighted by Gasteiger charge is -2.28. The Morgan fingerprint density at radius 3 is 2.22 bits per heavy atom. The number of carbonyl (C=O) groups is 2. The number of likely N-dealkylation sites (tertiary alicyclic amines) is 1. The molecule has 1 saturated heterocycles. The monoisotopic (exact) mass is 253 g/mol. The standard InChI is InChI=1S/C14H23NO3/c1-2-10-7-8-15(9-10)13(16)11-3-5-12(6-4-11)14(17)18/h10-12H,2-9H2,1H3,(H,17,18). The van der Waals surface area contributed by atoms with Crippen molar-refractivity contribution < 1.29 is 14.7 Å². The second-order valence-electron chi connectivity index (χ2n) is 5.73. The number of nitrogens with zero attached hydrogens (tertiary/aromatic N) is 1. The number of amides is 1. The molecule has 2 fully saturated rings. The zero-order valence-electron chi connectivity index (χ0n) is 11.1. The van der Waals surface area contributed by atoms with E-state index in [-0.39, 0.29) is 17.7 Å². The molecule has 0 aromatic carbocycles. The van der Waals surface area contributed by atoms with Gasteiger partial charge in [-0.25, -0.2) is 0 Å². The summed E-state index contributed by atoms with van der Waals surface area (Å²) in [5, 5.41) is 8.95. The van der Waals surface area contributed by atoms with Crippen molar-refractivity contribution >= 4 is 11.9 Å². The van der Waals surface area contributed by atoms with E-state index >= 15 is 0 Å². The van der Waals surface area contributed by atoms with Gasteiger partial charge in [0.05, 0.1) is 5.92 Å². The third-order valence-corrected chi connectivity index (χ3v) is 4.60. The van der Waals surface area contributed by atoms with E-state index in [4.69, 9.17) is 5.11 Å². The second kappa shape index (κ2) is 5.72. The zero-order chi connectivity index (χ0) is 13.1. The number of hydrogen-bond donors (Lipinski definition) is 1. The average Bonchev–Trinajstić information content (AvgIpc) is 2.86. The lowest BCUT2D eigenvalue weighted by Crippen LogP contribution is -2.37. The molecule has 1 amide bonds. The summed E-state index contributed by atoms with van der Waals surface area (Å²) in [7, 11) is 0. The first-order chi connectivity index (χ1) is 8.61. The molecule has 18 heavy (non-hydrogen) atoms. The molecule has 4 nitrogen and oxygen atoms in total. The first-order valence-electron chi connectivity index (χ1n) is 7.13. The van der Waals surface area contributed by atoms with Crippen LogP contribution in [0.5, 0.6) is 0 Å². The van der Waals surface area contributed by atoms with E-state index in [1.165, 1.54) is 0 Å². The Kier molecular flexibility index (Phi) is 4.25. The third-order valence-electron chi connectivity index (χ3n) is 4.60. The summed E-state index contributed by atoms with van der Waals surface area (Å²) in [5.74, 6) is 0.0967. The van der Waals surface area contributed by atoms with Gasteiger partial charge in [0, 0.05) is 19.0 Å². The number of hydrogen-bond acceptors (Lipinski definition) is 2. The minimum Gasteiger partial charge on any atom is -0.481 e. The van der Waals surface area contributed by atoms with Crippen molar-refractivity contribution in [1.29, 1.82) is 0 Å². The van der Waals surface area contributed by atoms with Crippen LogP contribution < -0.4 is 0 Å². The molecule has 1 atom stereocenters. The Morgan fingerprint density at radius 2 is 1.72 bits per heavy atom. The van der Waals surface area contributed by atoms with E-state index in [9.17, 15) is 9.59 Å². The summed E-state index contributed by atoms with van der Waals surface area (Å²) >= 11 is 0. The van der Waals surface area contributed by atoms with Gasteiger partial charge in [-0.1, -0.05) is 13.3 Å². The molecule has 0 aromatic heterocycles. The predicted octanol–water partition coefficient (Wildman–Crippen LogP) is 2.14. The van der Waals surface area contributed by atoms with Gasteiger partial charge in [-0.2, -0.15) is 0 Å². The van der Waals surface area contributed by atoms with Gasteiger partial charge in [0.1, 0.15) is 0 Å². The fourth-order valence-electron chi connectivity index (χ4n) is 3.21. The fraction of sp³-hybridized carbons (Fsp3) is 0.857. The van der Waals surface area contributed by atoms with Crippen molar-refractivity contribution in [1.82, 2.24) is 4.90 Å². The molecule has 0 aromatic rings. The van der Waals surface area contributed by atoms with Crippen molar-refractivity contribution in [2.45, 2.75) is 45.4 Å². The minimum atomic E-state index is -0.701. The molecule has 0 spiro atoms. The Labute approximate surface area is 108 Å². The van der Waals surface area contributed by atoms with Gasteiger partial charge in [0.15, 0.2) is 0 Å². The van der Waals surface area contributed by atoms with E-state index in [0.717, 1.165) is 38.8 Å². The highest BCUT2D eigenvalue weighted by atomic mass is 16.4. The maximum atomic E-state index is 12.3. The van der Waals surface area contributed by atoms with Crippen LogP contribution in [-0.4, -0.2) is 35.0 Å². The number of carboxylic acids is 1. The normalized spacial score (nSPS) is 32.5. The number of carboxylic acid groups (broad SMARTS) is 1. The topological polar surface area (TPSA) is 57.6 Å². The first kappa shape index (κ1) is 13.4. The van der Waals surface area contributed by atoms with Crippen LogP contribution in [0.3, 0.4) is 0 Å². The van der Waals surface area contributed by atoms with Crippen molar-refractivity contribution in [2.24, 2.45) is 17.8 Å². The molecule has 2 rings (SSSR count). The third kappa shape index (κ3) is 2.85. The summed E-state index contributed by atoms with van der Waals surface area (Å²) in [6.45, 7) is 3.99. The smallest absolute Gasteiger partial charge is 0.306 e. The molecule has 1 unspecified atom stereocenters. The highest BCUT2D eigenvalue weighted by molar-refractivity contribution is 5.79. The highest BCUT2D eigenvalue weighted by Gasteiger charge is 2.34. The van der Waals surface area contributed by atoms with Gasteiger partial charge in [-0.3, -0.25) is 9.59 Å². The zero-order valence-corrected chi connectivity index (χ0v) is 11.1. The van der Waals surface area contributed by atoms with E-state index < -0.39 is 5.97 Å². The van der Waals surface area contributed by atoms with Crippen LogP contribution in [0.2, 0.25) is 0 Å². The summed E-state index contributed by atoms with van der Waals surface area (Å²) in [6, 6.07) is 0. The van der Waals surface area contributed by atoms with Crippen LogP contribution >= 0.6 is 0 Å². The molecular weight excluding hydrogens is 230 g/mol. The molecular formula is C14H23NO3. The number of carbonyl (C=O) groups excluding carboxylic acids is 1. The molecule has 0 radical (unpaired) electrons. The maximum absolute atomic E-state index is 12.3. The van der Waals surface area contributed by atoms with Crippen LogP contribution in [0.4, 0.5) is 0 Å². The van der Waals surface area contributed by atoms with Crippen LogP contribution in [0, 0.1) is 17.8 Å². The summed E-state index contributed by atoms with van der Waals surface area (Å²) < 4.78 is 0. The Bertz CT molecular complexity index is 321. The van der Waals surface area contributed by atoms with Crippen LogP contribution in [0.15, 0.2) is 0 Å². The van der Waals surface area contributed by atoms with Crippen LogP contribution in [0.25, 0.3) is 0 Å². The van der Waals surface area contributed by atoms with Crippen molar-refractivity contribution in [3.8, 4) is 0 Å². The molecule has 0 bridgehead atoms. The van der Waals surface area contributed by atoms with Gasteiger partial charge in [0.2, 0.25) is 5.91 Å². The average molecular weight is 253 g/mol. The molecule has 102 valence electrons. The molecule has 2 aliphatic rings. The second-order valence-corrected chi connectivity index (χ2v) is 5.73. The van der Waals surface area contributed by atoms with Gasteiger partial charge in [-0.15, -0.1) is 0 Å². The van der Waals surface area contributed by atoms with Crippen LogP contribution in [0.1, 0.15) is 45.4 Å². The SMILES string of the molecule is CCC1CCN(C(=O)C2CCC(C(=O)O)CC2)C1. The predicted molar refractivity (Wildman–Crippen MR) is 68.1 cm³/mol. The first-order valence-corrected chi connectivity index (χ1v) is 7.13. The van der Waals surface area contributed by atoms with E-state index in [1.807, 2.05) is 4.90 Å². The molecule has 1 aliphatic carbocycles. The van der Waals surface area contributed by atoms with E-state index in [2.05, 4.69) is 6.92 Å². The van der Waals surface area contributed by atoms with Gasteiger partial charge in [-0.05, 0) is 38.0 Å². The largest absolute Gasteiger partial charge is 0.481 e. The Balaban J connectivity index is 1.83. The summed E-state index contributed by atoms with van der Waals surface area (Å²) in [6.07, 6.45) is 5.11. The fourth-order valence-corrected chi connectivity index (χ4v) is 3.21. The Morgan fingerprint density at radius 1 is 1.11 bits per heavy atom. The van der Waals surface area contributed by atoms with E-state index in [1.54, 1.807) is 0 Å². The highest BCUT2D eigenvalue weighted by Crippen LogP contribution is 2.31. The lowest BCUT2D eigenvalue weighted by molar-refractivity contribution is -0.145. The van der Waals surface area contributed by atoms with Gasteiger partial charge in [0.25, 0.3) is 0 Å². The maximum Gasteiger partial charge on any atom is 0.306 e.